The Balaban J connectivity index is 1.56. The van der Waals surface area contributed by atoms with E-state index < -0.39 is 23.2 Å². The van der Waals surface area contributed by atoms with E-state index in [1.807, 2.05) is 32.0 Å². The third-order valence-electron chi connectivity index (χ3n) is 5.54. The van der Waals surface area contributed by atoms with Crippen LogP contribution < -0.4 is 10.6 Å². The average Bonchev–Trinajstić information content (AvgIpc) is 2.68. The van der Waals surface area contributed by atoms with Crippen molar-refractivity contribution in [3.63, 3.8) is 0 Å². The largest absolute Gasteiger partial charge is 0.326 e. The molecule has 0 aromatic heterocycles. The Bertz CT molecular complexity index is 870. The summed E-state index contributed by atoms with van der Waals surface area (Å²) in [5.74, 6) is -2.58. The van der Waals surface area contributed by atoms with Gasteiger partial charge in [0.05, 0.1) is 0 Å². The number of benzene rings is 2. The van der Waals surface area contributed by atoms with Gasteiger partial charge in [-0.1, -0.05) is 18.2 Å². The van der Waals surface area contributed by atoms with Crippen LogP contribution in [0.5, 0.6) is 0 Å². The van der Waals surface area contributed by atoms with Gasteiger partial charge in [-0.3, -0.25) is 9.59 Å². The molecule has 0 saturated heterocycles. The molecule has 0 unspecified atom stereocenters. The minimum Gasteiger partial charge on any atom is -0.326 e. The molecule has 1 fully saturated rings. The number of rotatable bonds is 4. The Morgan fingerprint density at radius 1 is 0.821 bits per heavy atom. The lowest BCUT2D eigenvalue weighted by Gasteiger charge is -2.27. The van der Waals surface area contributed by atoms with Crippen LogP contribution >= 0.6 is 0 Å². The zero-order chi connectivity index (χ0) is 20.3. The highest BCUT2D eigenvalue weighted by Gasteiger charge is 2.30. The Hall–Kier alpha value is -2.76. The van der Waals surface area contributed by atoms with Crippen LogP contribution in [0.2, 0.25) is 0 Å². The van der Waals surface area contributed by atoms with Gasteiger partial charge in [0.15, 0.2) is 0 Å². The van der Waals surface area contributed by atoms with Crippen LogP contribution in [-0.2, 0) is 9.59 Å². The second-order valence-electron chi connectivity index (χ2n) is 7.37. The van der Waals surface area contributed by atoms with Crippen molar-refractivity contribution < 1.29 is 18.4 Å². The summed E-state index contributed by atoms with van der Waals surface area (Å²) in [5, 5.41) is 5.34. The number of carbonyl (C=O) groups excluding carboxylic acids is 2. The minimum absolute atomic E-state index is 0.0484. The van der Waals surface area contributed by atoms with Crippen LogP contribution in [0.25, 0.3) is 0 Å². The molecule has 0 aliphatic heterocycles. The number of para-hydroxylation sites is 1. The average molecular weight is 386 g/mol. The van der Waals surface area contributed by atoms with Crippen molar-refractivity contribution in [2.24, 2.45) is 11.8 Å². The molecule has 2 amide bonds. The Morgan fingerprint density at radius 3 is 1.89 bits per heavy atom. The number of anilines is 2. The van der Waals surface area contributed by atoms with E-state index in [-0.39, 0.29) is 17.7 Å². The third kappa shape index (κ3) is 4.38. The first-order valence-corrected chi connectivity index (χ1v) is 9.48. The Morgan fingerprint density at radius 2 is 1.32 bits per heavy atom. The van der Waals surface area contributed by atoms with Crippen molar-refractivity contribution in [3.8, 4) is 0 Å². The maximum absolute atomic E-state index is 13.7. The summed E-state index contributed by atoms with van der Waals surface area (Å²) >= 11 is 0. The summed E-state index contributed by atoms with van der Waals surface area (Å²) in [6, 6.07) is 9.23. The third-order valence-corrected chi connectivity index (χ3v) is 5.54. The van der Waals surface area contributed by atoms with Gasteiger partial charge in [-0.25, -0.2) is 8.78 Å². The van der Waals surface area contributed by atoms with Crippen molar-refractivity contribution >= 4 is 23.2 Å². The summed E-state index contributed by atoms with van der Waals surface area (Å²) in [4.78, 5) is 25.0. The number of carbonyl (C=O) groups is 2. The van der Waals surface area contributed by atoms with Crippen molar-refractivity contribution in [2.75, 3.05) is 10.6 Å². The second-order valence-corrected chi connectivity index (χ2v) is 7.37. The molecule has 2 N–H and O–H groups in total. The van der Waals surface area contributed by atoms with E-state index in [1.54, 1.807) is 0 Å². The predicted molar refractivity (Wildman–Crippen MR) is 105 cm³/mol. The summed E-state index contributed by atoms with van der Waals surface area (Å²) in [7, 11) is 0. The van der Waals surface area contributed by atoms with Gasteiger partial charge in [-0.05, 0) is 68.9 Å². The highest BCUT2D eigenvalue weighted by molar-refractivity contribution is 5.95. The number of aryl methyl sites for hydroxylation is 1. The molecular formula is C22H24F2N2O2. The molecule has 0 spiro atoms. The molecule has 2 aromatic carbocycles. The summed E-state index contributed by atoms with van der Waals surface area (Å²) < 4.78 is 27.4. The van der Waals surface area contributed by atoms with Gasteiger partial charge in [-0.2, -0.15) is 0 Å². The molecule has 1 aliphatic carbocycles. The number of halogens is 2. The standard InChI is InChI=1S/C22H24F2N2O2/c1-13-5-3-8-19(14(13)2)25-21(27)15-9-11-16(12-10-15)22(28)26-20-17(23)6-4-7-18(20)24/h3-8,15-16H,9-12H2,1-2H3,(H,25,27)(H,26,28). The van der Waals surface area contributed by atoms with E-state index in [2.05, 4.69) is 10.6 Å². The van der Waals surface area contributed by atoms with Crippen molar-refractivity contribution in [1.82, 2.24) is 0 Å². The first kappa shape index (κ1) is 20.0. The lowest BCUT2D eigenvalue weighted by atomic mass is 9.81. The molecule has 4 nitrogen and oxygen atoms in total. The highest BCUT2D eigenvalue weighted by Crippen LogP contribution is 2.31. The van der Waals surface area contributed by atoms with Crippen LogP contribution in [0.15, 0.2) is 36.4 Å². The fraction of sp³-hybridized carbons (Fsp3) is 0.364. The molecule has 3 rings (SSSR count). The molecule has 0 bridgehead atoms. The zero-order valence-corrected chi connectivity index (χ0v) is 16.0. The fourth-order valence-corrected chi connectivity index (χ4v) is 3.58. The smallest absolute Gasteiger partial charge is 0.227 e. The lowest BCUT2D eigenvalue weighted by Crippen LogP contribution is -2.32. The first-order chi connectivity index (χ1) is 13.4. The molecule has 6 heteroatoms. The van der Waals surface area contributed by atoms with E-state index in [0.717, 1.165) is 28.9 Å². The maximum Gasteiger partial charge on any atom is 0.227 e. The summed E-state index contributed by atoms with van der Waals surface area (Å²) in [5.41, 5.74) is 2.54. The van der Waals surface area contributed by atoms with Crippen molar-refractivity contribution in [1.29, 1.82) is 0 Å². The van der Waals surface area contributed by atoms with Gasteiger partial charge in [-0.15, -0.1) is 0 Å². The zero-order valence-electron chi connectivity index (χ0n) is 16.0. The van der Waals surface area contributed by atoms with Crippen LogP contribution in [0.1, 0.15) is 36.8 Å². The molecule has 2 aromatic rings. The van der Waals surface area contributed by atoms with Gasteiger partial charge in [0, 0.05) is 17.5 Å². The monoisotopic (exact) mass is 386 g/mol. The van der Waals surface area contributed by atoms with Crippen LogP contribution in [0.4, 0.5) is 20.2 Å². The molecule has 0 heterocycles. The summed E-state index contributed by atoms with van der Waals surface area (Å²) in [6.07, 6.45) is 2.14. The van der Waals surface area contributed by atoms with Crippen LogP contribution in [0.3, 0.4) is 0 Å². The minimum atomic E-state index is -0.796. The van der Waals surface area contributed by atoms with Crippen molar-refractivity contribution in [2.45, 2.75) is 39.5 Å². The fourth-order valence-electron chi connectivity index (χ4n) is 3.58. The van der Waals surface area contributed by atoms with E-state index in [0.29, 0.717) is 25.7 Å². The van der Waals surface area contributed by atoms with Crippen molar-refractivity contribution in [3.05, 3.63) is 59.2 Å². The molecular weight excluding hydrogens is 362 g/mol. The molecule has 1 saturated carbocycles. The first-order valence-electron chi connectivity index (χ1n) is 9.48. The maximum atomic E-state index is 13.7. The SMILES string of the molecule is Cc1cccc(NC(=O)C2CCC(C(=O)Nc3c(F)cccc3F)CC2)c1C. The van der Waals surface area contributed by atoms with Gasteiger partial charge >= 0.3 is 0 Å². The van der Waals surface area contributed by atoms with Gasteiger partial charge in [0.2, 0.25) is 11.8 Å². The number of amides is 2. The molecule has 0 atom stereocenters. The Kier molecular flexibility index (Phi) is 6.07. The van der Waals surface area contributed by atoms with E-state index in [1.165, 1.54) is 6.07 Å². The van der Waals surface area contributed by atoms with E-state index >= 15 is 0 Å². The van der Waals surface area contributed by atoms with E-state index in [4.69, 9.17) is 0 Å². The lowest BCUT2D eigenvalue weighted by molar-refractivity contribution is -0.125. The second kappa shape index (κ2) is 8.50. The molecule has 148 valence electrons. The Labute approximate surface area is 163 Å². The molecule has 0 radical (unpaired) electrons. The van der Waals surface area contributed by atoms with E-state index in [9.17, 15) is 18.4 Å². The summed E-state index contributed by atoms with van der Waals surface area (Å²) in [6.45, 7) is 3.96. The normalized spacial score (nSPS) is 19.1. The number of hydrogen-bond acceptors (Lipinski definition) is 2. The van der Waals surface area contributed by atoms with Gasteiger partial charge < -0.3 is 10.6 Å². The van der Waals surface area contributed by atoms with Crippen LogP contribution in [-0.4, -0.2) is 11.8 Å². The van der Waals surface area contributed by atoms with Crippen LogP contribution in [0, 0.1) is 37.3 Å². The number of hydrogen-bond donors (Lipinski definition) is 2. The highest BCUT2D eigenvalue weighted by atomic mass is 19.1. The molecule has 1 aliphatic rings. The molecule has 28 heavy (non-hydrogen) atoms. The quantitative estimate of drug-likeness (QED) is 0.780. The number of nitrogens with one attached hydrogen (secondary N) is 2. The van der Waals surface area contributed by atoms with Gasteiger partial charge in [0.1, 0.15) is 17.3 Å². The predicted octanol–water partition coefficient (Wildman–Crippen LogP) is 4.97. The topological polar surface area (TPSA) is 58.2 Å². The van der Waals surface area contributed by atoms with Gasteiger partial charge in [0.25, 0.3) is 0 Å².